The smallest absolute Gasteiger partial charge is 0.254 e. The minimum atomic E-state index is -1.59. The Morgan fingerprint density at radius 3 is 2.33 bits per heavy atom. The molecule has 6 heteroatoms. The maximum atomic E-state index is 12.7. The number of hydrogen-bond acceptors (Lipinski definition) is 3. The van der Waals surface area contributed by atoms with Gasteiger partial charge >= 0.3 is 0 Å². The maximum absolute atomic E-state index is 12.7. The molecule has 0 aliphatic heterocycles. The van der Waals surface area contributed by atoms with Gasteiger partial charge in [0, 0.05) is 5.56 Å². The predicted molar refractivity (Wildman–Crippen MR) is 36.7 cm³/mol. The van der Waals surface area contributed by atoms with Crippen LogP contribution in [0, 0.1) is 24.5 Å². The number of nitrogens with one attached hydrogen (secondary N) is 1. The van der Waals surface area contributed by atoms with E-state index in [9.17, 15) is 13.2 Å². The number of nitrogen functional groups attached to an aromatic ring is 1. The average molecular weight is 177 g/mol. The standard InChI is InChI=1S/C6H6F3N3/c1-2-3(7)4(8)5(9)11-6(2)12-10/h10H2,1H3,(H,11,12). The summed E-state index contributed by atoms with van der Waals surface area (Å²) in [5.41, 5.74) is 1.79. The van der Waals surface area contributed by atoms with Crippen molar-refractivity contribution in [2.45, 2.75) is 6.92 Å². The van der Waals surface area contributed by atoms with E-state index >= 15 is 0 Å². The van der Waals surface area contributed by atoms with Crippen LogP contribution in [-0.4, -0.2) is 4.98 Å². The highest BCUT2D eigenvalue weighted by Crippen LogP contribution is 2.18. The molecule has 0 unspecified atom stereocenters. The van der Waals surface area contributed by atoms with Crippen molar-refractivity contribution in [1.29, 1.82) is 0 Å². The Kier molecular flexibility index (Phi) is 2.18. The van der Waals surface area contributed by atoms with Crippen LogP contribution in [0.2, 0.25) is 0 Å². The molecule has 1 heterocycles. The van der Waals surface area contributed by atoms with Crippen molar-refractivity contribution in [2.24, 2.45) is 5.84 Å². The van der Waals surface area contributed by atoms with Gasteiger partial charge in [-0.2, -0.15) is 13.8 Å². The van der Waals surface area contributed by atoms with Gasteiger partial charge in [-0.05, 0) is 6.92 Å². The number of hydrazine groups is 1. The fourth-order valence-corrected chi connectivity index (χ4v) is 0.731. The summed E-state index contributed by atoms with van der Waals surface area (Å²) < 4.78 is 37.5. The van der Waals surface area contributed by atoms with Crippen molar-refractivity contribution in [1.82, 2.24) is 4.98 Å². The zero-order valence-electron chi connectivity index (χ0n) is 6.16. The monoisotopic (exact) mass is 177 g/mol. The van der Waals surface area contributed by atoms with Gasteiger partial charge in [0.15, 0.2) is 5.82 Å². The molecule has 0 spiro atoms. The molecule has 0 radical (unpaired) electrons. The van der Waals surface area contributed by atoms with Gasteiger partial charge in [-0.25, -0.2) is 10.2 Å². The minimum absolute atomic E-state index is 0.156. The molecular weight excluding hydrogens is 171 g/mol. The second-order valence-corrected chi connectivity index (χ2v) is 2.15. The van der Waals surface area contributed by atoms with Crippen LogP contribution >= 0.6 is 0 Å². The van der Waals surface area contributed by atoms with Crippen LogP contribution in [0.1, 0.15) is 5.56 Å². The van der Waals surface area contributed by atoms with Gasteiger partial charge in [0.2, 0.25) is 5.82 Å². The highest BCUT2D eigenvalue weighted by atomic mass is 19.2. The zero-order valence-corrected chi connectivity index (χ0v) is 6.16. The van der Waals surface area contributed by atoms with E-state index in [4.69, 9.17) is 5.84 Å². The zero-order chi connectivity index (χ0) is 9.30. The number of aromatic nitrogens is 1. The van der Waals surface area contributed by atoms with E-state index in [0.717, 1.165) is 0 Å². The summed E-state index contributed by atoms with van der Waals surface area (Å²) in [4.78, 5) is 3.03. The van der Waals surface area contributed by atoms with Gasteiger partial charge in [-0.3, -0.25) is 0 Å². The van der Waals surface area contributed by atoms with Gasteiger partial charge < -0.3 is 5.43 Å². The summed E-state index contributed by atoms with van der Waals surface area (Å²) in [6.45, 7) is 1.24. The lowest BCUT2D eigenvalue weighted by Gasteiger charge is -2.04. The molecule has 0 amide bonds. The Morgan fingerprint density at radius 2 is 1.83 bits per heavy atom. The first kappa shape index (κ1) is 8.79. The van der Waals surface area contributed by atoms with E-state index in [1.807, 2.05) is 5.43 Å². The molecule has 3 nitrogen and oxygen atoms in total. The van der Waals surface area contributed by atoms with Crippen molar-refractivity contribution >= 4 is 5.82 Å². The van der Waals surface area contributed by atoms with Crippen molar-refractivity contribution in [3.05, 3.63) is 23.1 Å². The molecule has 1 aromatic rings. The molecule has 0 fully saturated rings. The van der Waals surface area contributed by atoms with Crippen LogP contribution in [0.5, 0.6) is 0 Å². The summed E-state index contributed by atoms with van der Waals surface area (Å²) in [5, 5.41) is 0. The fraction of sp³-hybridized carbons (Fsp3) is 0.167. The molecule has 1 rings (SSSR count). The lowest BCUT2D eigenvalue weighted by molar-refractivity contribution is 0.424. The van der Waals surface area contributed by atoms with E-state index in [0.29, 0.717) is 0 Å². The SMILES string of the molecule is Cc1c(NN)nc(F)c(F)c1F. The molecule has 0 atom stereocenters. The first-order chi connectivity index (χ1) is 5.57. The van der Waals surface area contributed by atoms with Crippen LogP contribution in [0.25, 0.3) is 0 Å². The van der Waals surface area contributed by atoms with Crippen LogP contribution in [-0.2, 0) is 0 Å². The number of halogens is 3. The third kappa shape index (κ3) is 1.20. The Morgan fingerprint density at radius 1 is 1.25 bits per heavy atom. The number of anilines is 1. The molecule has 12 heavy (non-hydrogen) atoms. The molecule has 0 bridgehead atoms. The van der Waals surface area contributed by atoms with Crippen LogP contribution in [0.15, 0.2) is 0 Å². The average Bonchev–Trinajstić information content (AvgIpc) is 2.08. The van der Waals surface area contributed by atoms with Gasteiger partial charge in [0.1, 0.15) is 5.82 Å². The van der Waals surface area contributed by atoms with Gasteiger partial charge in [-0.15, -0.1) is 0 Å². The number of pyridine rings is 1. The molecule has 0 saturated carbocycles. The predicted octanol–water partition coefficient (Wildman–Crippen LogP) is 1.09. The highest BCUT2D eigenvalue weighted by Gasteiger charge is 2.16. The normalized spacial score (nSPS) is 10.1. The van der Waals surface area contributed by atoms with E-state index in [-0.39, 0.29) is 11.4 Å². The number of hydrogen-bond donors (Lipinski definition) is 2. The Labute approximate surface area is 66.4 Å². The first-order valence-electron chi connectivity index (χ1n) is 3.05. The largest absolute Gasteiger partial charge is 0.308 e. The molecule has 0 aliphatic carbocycles. The second-order valence-electron chi connectivity index (χ2n) is 2.15. The molecular formula is C6H6F3N3. The molecule has 0 saturated heterocycles. The summed E-state index contributed by atoms with van der Waals surface area (Å²) in [5.74, 6) is 0.272. The van der Waals surface area contributed by atoms with Gasteiger partial charge in [-0.1, -0.05) is 0 Å². The van der Waals surface area contributed by atoms with E-state index < -0.39 is 17.6 Å². The van der Waals surface area contributed by atoms with Crippen molar-refractivity contribution in [2.75, 3.05) is 5.43 Å². The van der Waals surface area contributed by atoms with Crippen molar-refractivity contribution < 1.29 is 13.2 Å². The molecule has 1 aromatic heterocycles. The summed E-state index contributed by atoms with van der Waals surface area (Å²) in [6.07, 6.45) is 0. The Balaban J connectivity index is 3.39. The van der Waals surface area contributed by atoms with E-state index in [1.54, 1.807) is 0 Å². The summed E-state index contributed by atoms with van der Waals surface area (Å²) >= 11 is 0. The summed E-state index contributed by atoms with van der Waals surface area (Å²) in [6, 6.07) is 0. The van der Waals surface area contributed by atoms with Gasteiger partial charge in [0.05, 0.1) is 0 Å². The number of rotatable bonds is 1. The van der Waals surface area contributed by atoms with Crippen LogP contribution < -0.4 is 11.3 Å². The molecule has 0 aliphatic rings. The number of nitrogens with two attached hydrogens (primary N) is 1. The third-order valence-electron chi connectivity index (χ3n) is 1.40. The van der Waals surface area contributed by atoms with E-state index in [2.05, 4.69) is 4.98 Å². The number of nitrogens with zero attached hydrogens (tertiary/aromatic N) is 1. The lowest BCUT2D eigenvalue weighted by atomic mass is 10.2. The van der Waals surface area contributed by atoms with Crippen LogP contribution in [0.4, 0.5) is 19.0 Å². The summed E-state index contributed by atoms with van der Waals surface area (Å²) in [7, 11) is 0. The Bertz CT molecular complexity index is 313. The second kappa shape index (κ2) is 2.98. The topological polar surface area (TPSA) is 50.9 Å². The molecule has 66 valence electrons. The highest BCUT2D eigenvalue weighted by molar-refractivity contribution is 5.42. The minimum Gasteiger partial charge on any atom is -0.308 e. The van der Waals surface area contributed by atoms with Crippen molar-refractivity contribution in [3.8, 4) is 0 Å². The maximum Gasteiger partial charge on any atom is 0.254 e. The van der Waals surface area contributed by atoms with Gasteiger partial charge in [0.25, 0.3) is 5.95 Å². The first-order valence-corrected chi connectivity index (χ1v) is 3.05. The fourth-order valence-electron chi connectivity index (χ4n) is 0.731. The molecule has 3 N–H and O–H groups in total. The molecule has 0 aromatic carbocycles. The third-order valence-corrected chi connectivity index (χ3v) is 1.40. The lowest BCUT2D eigenvalue weighted by Crippen LogP contribution is -2.13. The quantitative estimate of drug-likeness (QED) is 0.383. The van der Waals surface area contributed by atoms with Crippen LogP contribution in [0.3, 0.4) is 0 Å². The van der Waals surface area contributed by atoms with Crippen molar-refractivity contribution in [3.63, 3.8) is 0 Å². The van der Waals surface area contributed by atoms with E-state index in [1.165, 1.54) is 6.92 Å². The Hall–Kier alpha value is -1.30.